The summed E-state index contributed by atoms with van der Waals surface area (Å²) in [6.45, 7) is 12.3. The van der Waals surface area contributed by atoms with Crippen molar-refractivity contribution < 1.29 is 19.1 Å². The Labute approximate surface area is 123 Å². The van der Waals surface area contributed by atoms with Gasteiger partial charge in [0.15, 0.2) is 6.61 Å². The molecule has 0 rings (SSSR count). The smallest absolute Gasteiger partial charge is 0.344 e. The van der Waals surface area contributed by atoms with Gasteiger partial charge in [0, 0.05) is 0 Å². The first-order valence-electron chi connectivity index (χ1n) is 7.33. The summed E-state index contributed by atoms with van der Waals surface area (Å²) < 4.78 is 9.62. The van der Waals surface area contributed by atoms with Gasteiger partial charge < -0.3 is 9.47 Å². The summed E-state index contributed by atoms with van der Waals surface area (Å²) in [4.78, 5) is 23.4. The molecule has 0 fully saturated rings. The highest BCUT2D eigenvalue weighted by molar-refractivity contribution is 5.78. The van der Waals surface area contributed by atoms with Crippen molar-refractivity contribution in [2.24, 2.45) is 16.7 Å². The first-order valence-corrected chi connectivity index (χ1v) is 7.33. The third-order valence-corrected chi connectivity index (χ3v) is 4.41. The van der Waals surface area contributed by atoms with E-state index >= 15 is 0 Å². The third-order valence-electron chi connectivity index (χ3n) is 4.41. The van der Waals surface area contributed by atoms with Crippen LogP contribution in [0.3, 0.4) is 0 Å². The predicted molar refractivity (Wildman–Crippen MR) is 79.2 cm³/mol. The van der Waals surface area contributed by atoms with Crippen LogP contribution in [0.15, 0.2) is 0 Å². The van der Waals surface area contributed by atoms with E-state index in [-0.39, 0.29) is 29.3 Å². The Kier molecular flexibility index (Phi) is 7.25. The van der Waals surface area contributed by atoms with Crippen molar-refractivity contribution in [3.63, 3.8) is 0 Å². The van der Waals surface area contributed by atoms with Gasteiger partial charge in [-0.25, -0.2) is 4.79 Å². The highest BCUT2D eigenvalue weighted by atomic mass is 16.6. The number of methoxy groups -OCH3 is 1. The molecule has 20 heavy (non-hydrogen) atoms. The Morgan fingerprint density at radius 2 is 1.60 bits per heavy atom. The van der Waals surface area contributed by atoms with E-state index < -0.39 is 5.97 Å². The molecule has 0 N–H and O–H groups in total. The van der Waals surface area contributed by atoms with Gasteiger partial charge in [0.2, 0.25) is 0 Å². The molecular formula is C16H30O4. The largest absolute Gasteiger partial charge is 0.466 e. The van der Waals surface area contributed by atoms with E-state index in [4.69, 9.17) is 4.74 Å². The molecule has 1 unspecified atom stereocenters. The first-order chi connectivity index (χ1) is 9.09. The van der Waals surface area contributed by atoms with E-state index in [0.717, 1.165) is 19.3 Å². The van der Waals surface area contributed by atoms with Crippen molar-refractivity contribution >= 4 is 11.9 Å². The fraction of sp³-hybridized carbons (Fsp3) is 0.875. The molecule has 4 nitrogen and oxygen atoms in total. The second-order valence-corrected chi connectivity index (χ2v) is 6.80. The van der Waals surface area contributed by atoms with Gasteiger partial charge in [-0.05, 0) is 17.3 Å². The van der Waals surface area contributed by atoms with Crippen LogP contribution < -0.4 is 0 Å². The summed E-state index contributed by atoms with van der Waals surface area (Å²) in [5.41, 5.74) is -0.0823. The van der Waals surface area contributed by atoms with Crippen LogP contribution in [0.2, 0.25) is 0 Å². The highest BCUT2D eigenvalue weighted by Gasteiger charge is 2.38. The molecule has 0 aliphatic heterocycles. The Hall–Kier alpha value is -1.06. The maximum atomic E-state index is 12.3. The summed E-state index contributed by atoms with van der Waals surface area (Å²) >= 11 is 0. The van der Waals surface area contributed by atoms with Gasteiger partial charge in [-0.3, -0.25) is 4.79 Å². The number of carbonyl (C=O) groups is 2. The number of ether oxygens (including phenoxy) is 2. The minimum Gasteiger partial charge on any atom is -0.466 e. The summed E-state index contributed by atoms with van der Waals surface area (Å²) in [5, 5.41) is 0. The summed E-state index contributed by atoms with van der Waals surface area (Å²) in [6.07, 6.45) is 2.63. The van der Waals surface area contributed by atoms with Gasteiger partial charge in [-0.15, -0.1) is 0 Å². The lowest BCUT2D eigenvalue weighted by Gasteiger charge is -2.36. The predicted octanol–water partition coefficient (Wildman–Crippen LogP) is 3.58. The minimum atomic E-state index is -0.527. The van der Waals surface area contributed by atoms with E-state index in [1.54, 1.807) is 0 Å². The van der Waals surface area contributed by atoms with Gasteiger partial charge in [-0.2, -0.15) is 0 Å². The zero-order chi connectivity index (χ0) is 16.0. The van der Waals surface area contributed by atoms with Crippen molar-refractivity contribution in [3.8, 4) is 0 Å². The number of carbonyl (C=O) groups excluding carboxylic acids is 2. The second-order valence-electron chi connectivity index (χ2n) is 6.80. The average Bonchev–Trinajstić information content (AvgIpc) is 2.41. The van der Waals surface area contributed by atoms with Gasteiger partial charge >= 0.3 is 11.9 Å². The van der Waals surface area contributed by atoms with E-state index in [9.17, 15) is 9.59 Å². The van der Waals surface area contributed by atoms with Crippen molar-refractivity contribution in [1.82, 2.24) is 0 Å². The fourth-order valence-electron chi connectivity index (χ4n) is 1.91. The maximum Gasteiger partial charge on any atom is 0.344 e. The molecular weight excluding hydrogens is 256 g/mol. The molecule has 0 saturated carbocycles. The van der Waals surface area contributed by atoms with Crippen LogP contribution in [0, 0.1) is 16.7 Å². The van der Waals surface area contributed by atoms with Gasteiger partial charge in [0.05, 0.1) is 13.0 Å². The Bertz CT molecular complexity index is 331. The molecule has 0 amide bonds. The van der Waals surface area contributed by atoms with E-state index in [0.29, 0.717) is 0 Å². The topological polar surface area (TPSA) is 52.6 Å². The normalized spacial score (nSPS) is 13.8. The van der Waals surface area contributed by atoms with E-state index in [2.05, 4.69) is 46.3 Å². The van der Waals surface area contributed by atoms with Crippen LogP contribution in [0.4, 0.5) is 0 Å². The third kappa shape index (κ3) is 5.93. The number of rotatable bonds is 8. The Morgan fingerprint density at radius 1 is 1.05 bits per heavy atom. The minimum absolute atomic E-state index is 0.0708. The molecule has 0 heterocycles. The van der Waals surface area contributed by atoms with Crippen molar-refractivity contribution in [1.29, 1.82) is 0 Å². The van der Waals surface area contributed by atoms with Crippen LogP contribution in [0.1, 0.15) is 60.8 Å². The monoisotopic (exact) mass is 286 g/mol. The van der Waals surface area contributed by atoms with E-state index in [1.807, 2.05) is 0 Å². The molecule has 1 atom stereocenters. The number of hydrogen-bond acceptors (Lipinski definition) is 4. The quantitative estimate of drug-likeness (QED) is 0.640. The SMILES string of the molecule is CCC(C)(C)CC(C(=O)OCC(=O)OC)C(C)(C)CC. The zero-order valence-corrected chi connectivity index (χ0v) is 14.0. The second kappa shape index (κ2) is 7.65. The molecule has 4 heteroatoms. The van der Waals surface area contributed by atoms with Crippen molar-refractivity contribution in [3.05, 3.63) is 0 Å². The molecule has 0 aliphatic rings. The van der Waals surface area contributed by atoms with Crippen molar-refractivity contribution in [2.45, 2.75) is 60.8 Å². The molecule has 0 aromatic rings. The molecule has 0 aromatic carbocycles. The summed E-state index contributed by atoms with van der Waals surface area (Å²) in [5.74, 6) is -1.04. The maximum absolute atomic E-state index is 12.3. The van der Waals surface area contributed by atoms with Crippen LogP contribution >= 0.6 is 0 Å². The van der Waals surface area contributed by atoms with Crippen molar-refractivity contribution in [2.75, 3.05) is 13.7 Å². The molecule has 118 valence electrons. The van der Waals surface area contributed by atoms with Crippen LogP contribution in [0.5, 0.6) is 0 Å². The summed E-state index contributed by atoms with van der Waals surface area (Å²) in [7, 11) is 1.28. The molecule has 0 bridgehead atoms. The standard InChI is InChI=1S/C16H30O4/c1-8-15(3,4)10-12(16(5,6)9-2)14(18)20-11-13(17)19-7/h12H,8-11H2,1-7H3. The lowest BCUT2D eigenvalue weighted by atomic mass is 9.68. The van der Waals surface area contributed by atoms with Crippen LogP contribution in [-0.2, 0) is 19.1 Å². The average molecular weight is 286 g/mol. The Balaban J connectivity index is 4.94. The molecule has 0 spiro atoms. The highest BCUT2D eigenvalue weighted by Crippen LogP contribution is 2.40. The molecule has 0 aromatic heterocycles. The lowest BCUT2D eigenvalue weighted by Crippen LogP contribution is -2.36. The number of esters is 2. The van der Waals surface area contributed by atoms with Gasteiger partial charge in [0.25, 0.3) is 0 Å². The van der Waals surface area contributed by atoms with Gasteiger partial charge in [0.1, 0.15) is 0 Å². The van der Waals surface area contributed by atoms with Crippen LogP contribution in [0.25, 0.3) is 0 Å². The number of hydrogen-bond donors (Lipinski definition) is 0. The first kappa shape index (κ1) is 18.9. The fourth-order valence-corrected chi connectivity index (χ4v) is 1.91. The molecule has 0 radical (unpaired) electrons. The van der Waals surface area contributed by atoms with Gasteiger partial charge in [-0.1, -0.05) is 54.4 Å². The summed E-state index contributed by atoms with van der Waals surface area (Å²) in [6, 6.07) is 0. The lowest BCUT2D eigenvalue weighted by molar-refractivity contribution is -0.163. The Morgan fingerprint density at radius 3 is 2.00 bits per heavy atom. The molecule has 0 saturated heterocycles. The molecule has 0 aliphatic carbocycles. The van der Waals surface area contributed by atoms with E-state index in [1.165, 1.54) is 7.11 Å². The zero-order valence-electron chi connectivity index (χ0n) is 14.0. The van der Waals surface area contributed by atoms with Crippen LogP contribution in [-0.4, -0.2) is 25.7 Å².